The second kappa shape index (κ2) is 11.0. The van der Waals surface area contributed by atoms with Crippen LogP contribution in [0.2, 0.25) is 0 Å². The lowest BCUT2D eigenvalue weighted by Gasteiger charge is -2.39. The van der Waals surface area contributed by atoms with E-state index in [2.05, 4.69) is 10.2 Å². The number of methoxy groups -OCH3 is 1. The van der Waals surface area contributed by atoms with Crippen molar-refractivity contribution < 1.29 is 14.3 Å². The van der Waals surface area contributed by atoms with Crippen LogP contribution in [0.4, 0.5) is 5.69 Å². The summed E-state index contributed by atoms with van der Waals surface area (Å²) < 4.78 is 5.20. The summed E-state index contributed by atoms with van der Waals surface area (Å²) in [5.41, 5.74) is 3.87. The average Bonchev–Trinajstić information content (AvgIpc) is 2.87. The summed E-state index contributed by atoms with van der Waals surface area (Å²) in [7, 11) is 1.62. The largest absolute Gasteiger partial charge is 0.497 e. The summed E-state index contributed by atoms with van der Waals surface area (Å²) >= 11 is 0. The second-order valence-electron chi connectivity index (χ2n) is 8.61. The predicted molar refractivity (Wildman–Crippen MR) is 134 cm³/mol. The maximum Gasteiger partial charge on any atom is 0.246 e. The van der Waals surface area contributed by atoms with Crippen molar-refractivity contribution in [2.45, 2.75) is 19.4 Å². The second-order valence-corrected chi connectivity index (χ2v) is 8.61. The first-order valence-electron chi connectivity index (χ1n) is 11.6. The summed E-state index contributed by atoms with van der Waals surface area (Å²) in [4.78, 5) is 30.3. The van der Waals surface area contributed by atoms with Gasteiger partial charge in [-0.3, -0.25) is 14.5 Å². The third-order valence-corrected chi connectivity index (χ3v) is 6.23. The van der Waals surface area contributed by atoms with E-state index in [9.17, 15) is 9.59 Å². The van der Waals surface area contributed by atoms with Gasteiger partial charge < -0.3 is 15.0 Å². The molecule has 1 N–H and O–H groups in total. The first-order valence-corrected chi connectivity index (χ1v) is 11.6. The molecule has 1 atom stereocenters. The van der Waals surface area contributed by atoms with Crippen LogP contribution in [0.1, 0.15) is 22.7 Å². The summed E-state index contributed by atoms with van der Waals surface area (Å²) in [5, 5.41) is 3.04. The third-order valence-electron chi connectivity index (χ3n) is 6.23. The number of amides is 2. The summed E-state index contributed by atoms with van der Waals surface area (Å²) in [5.74, 6) is 0.780. The van der Waals surface area contributed by atoms with Crippen molar-refractivity contribution in [3.05, 3.63) is 95.6 Å². The molecule has 0 aliphatic carbocycles. The Labute approximate surface area is 201 Å². The Bertz CT molecular complexity index is 1090. The predicted octanol–water partition coefficient (Wildman–Crippen LogP) is 4.07. The lowest BCUT2D eigenvalue weighted by atomic mass is 10.0. The maximum absolute atomic E-state index is 13.4. The molecule has 3 aromatic rings. The molecule has 1 aliphatic rings. The van der Waals surface area contributed by atoms with Crippen molar-refractivity contribution in [3.8, 4) is 5.75 Å². The van der Waals surface area contributed by atoms with Gasteiger partial charge in [0.2, 0.25) is 11.8 Å². The van der Waals surface area contributed by atoms with Crippen LogP contribution < -0.4 is 10.1 Å². The van der Waals surface area contributed by atoms with Gasteiger partial charge in [-0.2, -0.15) is 0 Å². The van der Waals surface area contributed by atoms with Crippen molar-refractivity contribution in [2.75, 3.05) is 38.6 Å². The molecule has 4 rings (SSSR count). The van der Waals surface area contributed by atoms with Gasteiger partial charge >= 0.3 is 0 Å². The number of rotatable bonds is 7. The molecule has 0 bridgehead atoms. The molecule has 6 heteroatoms. The first kappa shape index (κ1) is 23.5. The maximum atomic E-state index is 13.4. The van der Waals surface area contributed by atoms with E-state index in [0.717, 1.165) is 22.6 Å². The molecule has 0 spiro atoms. The minimum absolute atomic E-state index is 0.0872. The fourth-order valence-electron chi connectivity index (χ4n) is 4.27. The fraction of sp³-hybridized carbons (Fsp3) is 0.286. The zero-order chi connectivity index (χ0) is 23.9. The number of benzene rings is 3. The van der Waals surface area contributed by atoms with Crippen molar-refractivity contribution in [1.82, 2.24) is 9.80 Å². The summed E-state index contributed by atoms with van der Waals surface area (Å²) in [6, 6.07) is 24.8. The van der Waals surface area contributed by atoms with Gasteiger partial charge in [-0.1, -0.05) is 60.2 Å². The van der Waals surface area contributed by atoms with E-state index < -0.39 is 6.04 Å². The Morgan fingerprint density at radius 1 is 0.882 bits per heavy atom. The Kier molecular flexibility index (Phi) is 7.60. The lowest BCUT2D eigenvalue weighted by Crippen LogP contribution is -2.52. The van der Waals surface area contributed by atoms with Gasteiger partial charge in [-0.15, -0.1) is 0 Å². The third kappa shape index (κ3) is 5.83. The molecule has 1 unspecified atom stereocenters. The Morgan fingerprint density at radius 3 is 2.15 bits per heavy atom. The standard InChI is InChI=1S/C28H31N3O3/c1-21-8-10-22(11-9-21)20-26(32)30-16-18-31(19-17-30)27(23-6-4-3-5-7-23)28(33)29-24-12-14-25(34-2)15-13-24/h3-15,27H,16-20H2,1-2H3,(H,29,33). The number of hydrogen-bond donors (Lipinski definition) is 1. The minimum atomic E-state index is -0.433. The van der Waals surface area contributed by atoms with E-state index in [1.165, 1.54) is 5.56 Å². The summed E-state index contributed by atoms with van der Waals surface area (Å²) in [6.45, 7) is 4.51. The number of ether oxygens (including phenoxy) is 1. The monoisotopic (exact) mass is 457 g/mol. The molecule has 0 saturated carbocycles. The molecule has 0 aromatic heterocycles. The van der Waals surface area contributed by atoms with Crippen molar-refractivity contribution in [3.63, 3.8) is 0 Å². The van der Waals surface area contributed by atoms with Gasteiger partial charge in [0.1, 0.15) is 11.8 Å². The molecule has 3 aromatic carbocycles. The average molecular weight is 458 g/mol. The van der Waals surface area contributed by atoms with E-state index in [-0.39, 0.29) is 11.8 Å². The number of anilines is 1. The zero-order valence-corrected chi connectivity index (χ0v) is 19.7. The highest BCUT2D eigenvalue weighted by Gasteiger charge is 2.31. The van der Waals surface area contributed by atoms with Crippen molar-refractivity contribution >= 4 is 17.5 Å². The highest BCUT2D eigenvalue weighted by atomic mass is 16.5. The molecule has 0 radical (unpaired) electrons. The lowest BCUT2D eigenvalue weighted by molar-refractivity contribution is -0.133. The number of carbonyl (C=O) groups excluding carboxylic acids is 2. The molecule has 1 fully saturated rings. The normalized spacial score (nSPS) is 14.9. The number of nitrogens with one attached hydrogen (secondary N) is 1. The van der Waals surface area contributed by atoms with Gasteiger partial charge in [0.05, 0.1) is 13.5 Å². The van der Waals surface area contributed by atoms with Crippen LogP contribution in [0.15, 0.2) is 78.9 Å². The molecular formula is C28H31N3O3. The summed E-state index contributed by atoms with van der Waals surface area (Å²) in [6.07, 6.45) is 0.403. The van der Waals surface area contributed by atoms with E-state index in [1.54, 1.807) is 7.11 Å². The molecule has 1 heterocycles. The van der Waals surface area contributed by atoms with E-state index >= 15 is 0 Å². The molecule has 6 nitrogen and oxygen atoms in total. The van der Waals surface area contributed by atoms with Crippen LogP contribution in [0.3, 0.4) is 0 Å². The highest BCUT2D eigenvalue weighted by Crippen LogP contribution is 2.25. The van der Waals surface area contributed by atoms with E-state index in [4.69, 9.17) is 4.74 Å². The number of aryl methyl sites for hydroxylation is 1. The van der Waals surface area contributed by atoms with Gasteiger partial charge in [-0.05, 0) is 42.3 Å². The number of hydrogen-bond acceptors (Lipinski definition) is 4. The molecule has 1 saturated heterocycles. The smallest absolute Gasteiger partial charge is 0.246 e. The minimum Gasteiger partial charge on any atom is -0.497 e. The van der Waals surface area contributed by atoms with Crippen LogP contribution in [0.25, 0.3) is 0 Å². The molecule has 176 valence electrons. The van der Waals surface area contributed by atoms with Gasteiger partial charge in [0, 0.05) is 31.9 Å². The van der Waals surface area contributed by atoms with Crippen molar-refractivity contribution in [1.29, 1.82) is 0 Å². The van der Waals surface area contributed by atoms with Crippen LogP contribution >= 0.6 is 0 Å². The fourth-order valence-corrected chi connectivity index (χ4v) is 4.27. The topological polar surface area (TPSA) is 61.9 Å². The molecule has 2 amide bonds. The van der Waals surface area contributed by atoms with E-state index in [0.29, 0.717) is 32.6 Å². The van der Waals surface area contributed by atoms with Crippen molar-refractivity contribution in [2.24, 2.45) is 0 Å². The quantitative estimate of drug-likeness (QED) is 0.581. The molecule has 1 aliphatic heterocycles. The zero-order valence-electron chi connectivity index (χ0n) is 19.7. The molecule has 34 heavy (non-hydrogen) atoms. The van der Waals surface area contributed by atoms with Gasteiger partial charge in [0.15, 0.2) is 0 Å². The van der Waals surface area contributed by atoms with Gasteiger partial charge in [0.25, 0.3) is 0 Å². The van der Waals surface area contributed by atoms with Crippen LogP contribution in [0, 0.1) is 6.92 Å². The van der Waals surface area contributed by atoms with E-state index in [1.807, 2.05) is 90.7 Å². The molecular weight excluding hydrogens is 426 g/mol. The van der Waals surface area contributed by atoms with Crippen LogP contribution in [-0.2, 0) is 16.0 Å². The SMILES string of the molecule is COc1ccc(NC(=O)C(c2ccccc2)N2CCN(C(=O)Cc3ccc(C)cc3)CC2)cc1. The Balaban J connectivity index is 1.42. The Morgan fingerprint density at radius 2 is 1.53 bits per heavy atom. The van der Waals surface area contributed by atoms with Crippen LogP contribution in [0.5, 0.6) is 5.75 Å². The van der Waals surface area contributed by atoms with Gasteiger partial charge in [-0.25, -0.2) is 0 Å². The first-order chi connectivity index (χ1) is 16.5. The number of nitrogens with zero attached hydrogens (tertiary/aromatic N) is 2. The number of piperazine rings is 1. The number of carbonyl (C=O) groups is 2. The Hall–Kier alpha value is -3.64. The van der Waals surface area contributed by atoms with Crippen LogP contribution in [-0.4, -0.2) is 54.9 Å². The highest BCUT2D eigenvalue weighted by molar-refractivity contribution is 5.95.